The number of amides is 1. The number of ether oxygens (including phenoxy) is 3. The molecule has 0 saturated carbocycles. The number of likely N-dealkylation sites (tertiary alicyclic amines) is 1. The van der Waals surface area contributed by atoms with Crippen molar-refractivity contribution in [1.29, 1.82) is 0 Å². The molecule has 2 aliphatic rings. The van der Waals surface area contributed by atoms with Gasteiger partial charge in [-0.2, -0.15) is 0 Å². The summed E-state index contributed by atoms with van der Waals surface area (Å²) in [5.41, 5.74) is 0.658. The van der Waals surface area contributed by atoms with E-state index in [1.54, 1.807) is 13.2 Å². The fourth-order valence-corrected chi connectivity index (χ4v) is 4.27. The maximum atomic E-state index is 13.2. The third-order valence-corrected chi connectivity index (χ3v) is 5.31. The number of carbonyl (C=O) groups excluding carboxylic acids is 1. The highest BCUT2D eigenvalue weighted by molar-refractivity contribution is 5.95. The van der Waals surface area contributed by atoms with Crippen LogP contribution in [0, 0.1) is 0 Å². The van der Waals surface area contributed by atoms with Crippen molar-refractivity contribution in [1.82, 2.24) is 9.80 Å². The second kappa shape index (κ2) is 8.93. The first-order valence-electron chi connectivity index (χ1n) is 10.0. The van der Waals surface area contributed by atoms with Gasteiger partial charge in [-0.1, -0.05) is 0 Å². The van der Waals surface area contributed by atoms with Crippen LogP contribution in [0.2, 0.25) is 0 Å². The minimum Gasteiger partial charge on any atom is -0.493 e. The van der Waals surface area contributed by atoms with E-state index in [9.17, 15) is 4.79 Å². The number of rotatable bonds is 6. The Kier molecular flexibility index (Phi) is 6.60. The standard InChI is InChI=1S/C21H32N2O4/c1-5-26-19-9-8-17(11-20(19)25-4)21(24)23-10-6-7-18(23)14-22-12-15(2)27-16(3)13-22/h8-9,11,15-16,18H,5-7,10,12-14H2,1-4H3/t15-,16-,18+/m0/s1. The summed E-state index contributed by atoms with van der Waals surface area (Å²) >= 11 is 0. The molecule has 1 aromatic carbocycles. The van der Waals surface area contributed by atoms with Gasteiger partial charge in [0.25, 0.3) is 5.91 Å². The van der Waals surface area contributed by atoms with E-state index in [1.807, 2.05) is 24.0 Å². The molecule has 0 aromatic heterocycles. The van der Waals surface area contributed by atoms with Crippen molar-refractivity contribution in [3.05, 3.63) is 23.8 Å². The number of morpholine rings is 1. The monoisotopic (exact) mass is 376 g/mol. The van der Waals surface area contributed by atoms with E-state index in [-0.39, 0.29) is 24.2 Å². The van der Waals surface area contributed by atoms with Gasteiger partial charge in [-0.15, -0.1) is 0 Å². The fraction of sp³-hybridized carbons (Fsp3) is 0.667. The maximum absolute atomic E-state index is 13.2. The van der Waals surface area contributed by atoms with Gasteiger partial charge in [0.15, 0.2) is 11.5 Å². The van der Waals surface area contributed by atoms with Crippen molar-refractivity contribution in [2.45, 2.75) is 51.9 Å². The lowest BCUT2D eigenvalue weighted by molar-refractivity contribution is -0.0715. The Balaban J connectivity index is 1.70. The number of hydrogen-bond acceptors (Lipinski definition) is 5. The van der Waals surface area contributed by atoms with Crippen molar-refractivity contribution in [2.24, 2.45) is 0 Å². The lowest BCUT2D eigenvalue weighted by Crippen LogP contribution is -2.50. The predicted molar refractivity (Wildman–Crippen MR) is 105 cm³/mol. The molecule has 27 heavy (non-hydrogen) atoms. The van der Waals surface area contributed by atoms with E-state index < -0.39 is 0 Å². The molecule has 2 saturated heterocycles. The minimum atomic E-state index is 0.0770. The molecule has 0 bridgehead atoms. The van der Waals surface area contributed by atoms with Gasteiger partial charge in [0.1, 0.15) is 0 Å². The van der Waals surface area contributed by atoms with Crippen LogP contribution in [0.1, 0.15) is 44.0 Å². The number of carbonyl (C=O) groups is 1. The molecule has 2 aliphatic heterocycles. The van der Waals surface area contributed by atoms with Crippen molar-refractivity contribution in [2.75, 3.05) is 39.9 Å². The van der Waals surface area contributed by atoms with E-state index >= 15 is 0 Å². The summed E-state index contributed by atoms with van der Waals surface area (Å²) in [4.78, 5) is 17.6. The van der Waals surface area contributed by atoms with Crippen LogP contribution < -0.4 is 9.47 Å². The summed E-state index contributed by atoms with van der Waals surface area (Å²) in [7, 11) is 1.60. The summed E-state index contributed by atoms with van der Waals surface area (Å²) < 4.78 is 16.8. The van der Waals surface area contributed by atoms with Gasteiger partial charge in [0.2, 0.25) is 0 Å². The Bertz CT molecular complexity index is 641. The Labute approximate surface area is 162 Å². The summed E-state index contributed by atoms with van der Waals surface area (Å²) in [5, 5.41) is 0. The first-order valence-corrected chi connectivity index (χ1v) is 10.0. The fourth-order valence-electron chi connectivity index (χ4n) is 4.27. The molecule has 3 atom stereocenters. The first kappa shape index (κ1) is 20.0. The van der Waals surface area contributed by atoms with Gasteiger partial charge in [0, 0.05) is 37.8 Å². The average molecular weight is 376 g/mol. The van der Waals surface area contributed by atoms with Gasteiger partial charge in [-0.3, -0.25) is 9.69 Å². The van der Waals surface area contributed by atoms with Gasteiger partial charge in [-0.05, 0) is 51.8 Å². The van der Waals surface area contributed by atoms with Gasteiger partial charge < -0.3 is 19.1 Å². The molecule has 0 N–H and O–H groups in total. The highest BCUT2D eigenvalue weighted by Gasteiger charge is 2.33. The van der Waals surface area contributed by atoms with Crippen LogP contribution in [0.15, 0.2) is 18.2 Å². The molecule has 6 nitrogen and oxygen atoms in total. The molecule has 2 heterocycles. The van der Waals surface area contributed by atoms with Gasteiger partial charge >= 0.3 is 0 Å². The Morgan fingerprint density at radius 3 is 2.63 bits per heavy atom. The van der Waals surface area contributed by atoms with Crippen LogP contribution in [0.5, 0.6) is 11.5 Å². The first-order chi connectivity index (χ1) is 13.0. The largest absolute Gasteiger partial charge is 0.493 e. The van der Waals surface area contributed by atoms with E-state index in [4.69, 9.17) is 14.2 Å². The number of methoxy groups -OCH3 is 1. The van der Waals surface area contributed by atoms with E-state index in [0.717, 1.165) is 39.0 Å². The average Bonchev–Trinajstić information content (AvgIpc) is 3.08. The summed E-state index contributed by atoms with van der Waals surface area (Å²) in [6, 6.07) is 5.71. The molecule has 1 amide bonds. The van der Waals surface area contributed by atoms with Gasteiger partial charge in [0.05, 0.1) is 25.9 Å². The van der Waals surface area contributed by atoms with Crippen LogP contribution >= 0.6 is 0 Å². The number of nitrogens with zero attached hydrogens (tertiary/aromatic N) is 2. The zero-order chi connectivity index (χ0) is 19.4. The molecule has 0 radical (unpaired) electrons. The number of benzene rings is 1. The van der Waals surface area contributed by atoms with E-state index in [1.165, 1.54) is 0 Å². The lowest BCUT2D eigenvalue weighted by atomic mass is 10.1. The molecule has 1 aromatic rings. The lowest BCUT2D eigenvalue weighted by Gasteiger charge is -2.38. The SMILES string of the molecule is CCOc1ccc(C(=O)N2CCC[C@@H]2CN2C[C@H](C)O[C@@H](C)C2)cc1OC. The second-order valence-electron chi connectivity index (χ2n) is 7.57. The minimum absolute atomic E-state index is 0.0770. The molecular weight excluding hydrogens is 344 g/mol. The Morgan fingerprint density at radius 1 is 1.22 bits per heavy atom. The molecule has 2 fully saturated rings. The van der Waals surface area contributed by atoms with Gasteiger partial charge in [-0.25, -0.2) is 0 Å². The van der Waals surface area contributed by atoms with Crippen molar-refractivity contribution < 1.29 is 19.0 Å². The summed E-state index contributed by atoms with van der Waals surface area (Å²) in [6.45, 7) is 10.3. The van der Waals surface area contributed by atoms with Crippen LogP contribution in [-0.4, -0.2) is 73.9 Å². The Morgan fingerprint density at radius 2 is 1.96 bits per heavy atom. The molecule has 0 spiro atoms. The zero-order valence-corrected chi connectivity index (χ0v) is 16.9. The van der Waals surface area contributed by atoms with Crippen molar-refractivity contribution in [3.8, 4) is 11.5 Å². The molecule has 0 aliphatic carbocycles. The maximum Gasteiger partial charge on any atom is 0.254 e. The van der Waals surface area contributed by atoms with Crippen LogP contribution in [-0.2, 0) is 4.74 Å². The van der Waals surface area contributed by atoms with Crippen LogP contribution in [0.4, 0.5) is 0 Å². The topological polar surface area (TPSA) is 51.2 Å². The van der Waals surface area contributed by atoms with E-state index in [0.29, 0.717) is 23.7 Å². The molecule has 0 unspecified atom stereocenters. The van der Waals surface area contributed by atoms with Crippen molar-refractivity contribution >= 4 is 5.91 Å². The highest BCUT2D eigenvalue weighted by Crippen LogP contribution is 2.30. The number of hydrogen-bond donors (Lipinski definition) is 0. The Hall–Kier alpha value is -1.79. The summed E-state index contributed by atoms with van der Waals surface area (Å²) in [5.74, 6) is 1.35. The third-order valence-electron chi connectivity index (χ3n) is 5.31. The summed E-state index contributed by atoms with van der Waals surface area (Å²) in [6.07, 6.45) is 2.60. The van der Waals surface area contributed by atoms with Crippen LogP contribution in [0.25, 0.3) is 0 Å². The quantitative estimate of drug-likeness (QED) is 0.764. The zero-order valence-electron chi connectivity index (χ0n) is 16.9. The second-order valence-corrected chi connectivity index (χ2v) is 7.57. The highest BCUT2D eigenvalue weighted by atomic mass is 16.5. The molecular formula is C21H32N2O4. The smallest absolute Gasteiger partial charge is 0.254 e. The molecule has 3 rings (SSSR count). The van der Waals surface area contributed by atoms with Crippen molar-refractivity contribution in [3.63, 3.8) is 0 Å². The predicted octanol–water partition coefficient (Wildman–Crippen LogP) is 2.81. The third kappa shape index (κ3) is 4.74. The normalized spacial score (nSPS) is 26.2. The van der Waals surface area contributed by atoms with E-state index in [2.05, 4.69) is 18.7 Å². The van der Waals surface area contributed by atoms with Crippen LogP contribution in [0.3, 0.4) is 0 Å². The molecule has 6 heteroatoms. The molecule has 150 valence electrons.